The Labute approximate surface area is 126 Å². The van der Waals surface area contributed by atoms with Gasteiger partial charge in [-0.15, -0.1) is 0 Å². The summed E-state index contributed by atoms with van der Waals surface area (Å²) in [5.74, 6) is -0.920. The topological polar surface area (TPSA) is 117 Å². The van der Waals surface area contributed by atoms with E-state index in [1.807, 2.05) is 6.07 Å². The second-order valence-electron chi connectivity index (χ2n) is 4.44. The zero-order chi connectivity index (χ0) is 15.8. The molecular weight excluding hydrogens is 288 g/mol. The Hall–Kier alpha value is -2.74. The molecule has 116 valence electrons. The van der Waals surface area contributed by atoms with Crippen molar-refractivity contribution in [2.75, 3.05) is 18.5 Å². The number of carbonyl (C=O) groups is 2. The van der Waals surface area contributed by atoms with Crippen LogP contribution in [0, 0.1) is 0 Å². The van der Waals surface area contributed by atoms with Crippen LogP contribution in [0.5, 0.6) is 0 Å². The molecule has 2 amide bonds. The molecule has 0 spiro atoms. The van der Waals surface area contributed by atoms with Crippen molar-refractivity contribution in [3.05, 3.63) is 42.0 Å². The van der Waals surface area contributed by atoms with Crippen molar-refractivity contribution < 1.29 is 19.2 Å². The molecule has 8 nitrogen and oxygen atoms in total. The first-order valence-corrected chi connectivity index (χ1v) is 6.75. The maximum absolute atomic E-state index is 11.8. The van der Waals surface area contributed by atoms with E-state index in [0.717, 1.165) is 0 Å². The quantitative estimate of drug-likeness (QED) is 0.636. The Morgan fingerprint density at radius 1 is 1.23 bits per heavy atom. The number of amides is 2. The number of benzene rings is 1. The predicted molar refractivity (Wildman–Crippen MR) is 77.1 cm³/mol. The molecule has 1 aromatic heterocycles. The predicted octanol–water partition coefficient (Wildman–Crippen LogP) is 0.363. The summed E-state index contributed by atoms with van der Waals surface area (Å²) < 4.78 is 4.79. The van der Waals surface area contributed by atoms with Crippen molar-refractivity contribution in [3.63, 3.8) is 0 Å². The van der Waals surface area contributed by atoms with E-state index in [1.165, 1.54) is 0 Å². The number of para-hydroxylation sites is 1. The molecule has 0 bridgehead atoms. The van der Waals surface area contributed by atoms with Gasteiger partial charge < -0.3 is 20.3 Å². The molecule has 0 aliphatic carbocycles. The molecule has 2 rings (SSSR count). The van der Waals surface area contributed by atoms with Gasteiger partial charge in [-0.25, -0.2) is 0 Å². The highest BCUT2D eigenvalue weighted by molar-refractivity contribution is 5.92. The van der Waals surface area contributed by atoms with Crippen LogP contribution in [-0.2, 0) is 11.2 Å². The number of nitrogens with one attached hydrogen (secondary N) is 2. The zero-order valence-electron chi connectivity index (χ0n) is 11.8. The smallest absolute Gasteiger partial charge is 0.315 e. The fourth-order valence-corrected chi connectivity index (χ4v) is 1.64. The molecule has 0 atom stereocenters. The third-order valence-electron chi connectivity index (χ3n) is 2.66. The Bertz CT molecular complexity index is 627. The number of hydrogen-bond donors (Lipinski definition) is 3. The maximum atomic E-state index is 11.8. The molecule has 1 heterocycles. The minimum absolute atomic E-state index is 0.0188. The van der Waals surface area contributed by atoms with E-state index in [1.54, 1.807) is 24.3 Å². The van der Waals surface area contributed by atoms with Gasteiger partial charge in [0.1, 0.15) is 0 Å². The average molecular weight is 304 g/mol. The lowest BCUT2D eigenvalue weighted by Crippen LogP contribution is -2.25. The van der Waals surface area contributed by atoms with E-state index in [2.05, 4.69) is 20.8 Å². The van der Waals surface area contributed by atoms with Gasteiger partial charge in [-0.3, -0.25) is 9.59 Å². The molecule has 0 fully saturated rings. The first-order chi connectivity index (χ1) is 10.7. The summed E-state index contributed by atoms with van der Waals surface area (Å²) in [5, 5.41) is 17.4. The molecule has 0 radical (unpaired) electrons. The highest BCUT2D eigenvalue weighted by Crippen LogP contribution is 2.06. The van der Waals surface area contributed by atoms with Crippen LogP contribution in [-0.4, -0.2) is 40.2 Å². The van der Waals surface area contributed by atoms with E-state index in [0.29, 0.717) is 18.7 Å². The molecular formula is C14H16N4O4. The number of aromatic nitrogens is 2. The van der Waals surface area contributed by atoms with E-state index >= 15 is 0 Å². The number of nitrogens with zero attached hydrogens (tertiary/aromatic N) is 2. The van der Waals surface area contributed by atoms with Gasteiger partial charge in [-0.1, -0.05) is 23.4 Å². The van der Waals surface area contributed by atoms with Crippen LogP contribution < -0.4 is 10.6 Å². The average Bonchev–Trinajstić information content (AvgIpc) is 2.97. The Kier molecular flexibility index (Phi) is 5.61. The summed E-state index contributed by atoms with van der Waals surface area (Å²) in [4.78, 5) is 27.3. The van der Waals surface area contributed by atoms with Gasteiger partial charge >= 0.3 is 11.8 Å². The summed E-state index contributed by atoms with van der Waals surface area (Å²) in [5.41, 5.74) is 0.665. The van der Waals surface area contributed by atoms with Crippen LogP contribution in [0.2, 0.25) is 0 Å². The molecule has 22 heavy (non-hydrogen) atoms. The first-order valence-electron chi connectivity index (χ1n) is 6.75. The van der Waals surface area contributed by atoms with Crippen LogP contribution >= 0.6 is 0 Å². The van der Waals surface area contributed by atoms with Crippen molar-refractivity contribution in [2.24, 2.45) is 0 Å². The van der Waals surface area contributed by atoms with E-state index in [9.17, 15) is 9.59 Å². The molecule has 0 aliphatic rings. The van der Waals surface area contributed by atoms with Gasteiger partial charge in [-0.05, 0) is 18.6 Å². The molecule has 1 aromatic carbocycles. The van der Waals surface area contributed by atoms with Gasteiger partial charge in [0.2, 0.25) is 5.91 Å². The third-order valence-corrected chi connectivity index (χ3v) is 2.66. The normalized spacial score (nSPS) is 10.2. The van der Waals surface area contributed by atoms with Crippen LogP contribution in [0.15, 0.2) is 34.9 Å². The van der Waals surface area contributed by atoms with Gasteiger partial charge in [0.25, 0.3) is 0 Å². The second-order valence-corrected chi connectivity index (χ2v) is 4.44. The summed E-state index contributed by atoms with van der Waals surface area (Å²) >= 11 is 0. The summed E-state index contributed by atoms with van der Waals surface area (Å²) in [6.45, 7) is 0.288. The van der Waals surface area contributed by atoms with Gasteiger partial charge in [0, 0.05) is 18.8 Å². The lowest BCUT2D eigenvalue weighted by atomic mass is 10.3. The Morgan fingerprint density at radius 3 is 2.73 bits per heavy atom. The van der Waals surface area contributed by atoms with Crippen LogP contribution in [0.4, 0.5) is 5.69 Å². The third kappa shape index (κ3) is 4.67. The molecule has 2 aromatic rings. The number of anilines is 1. The van der Waals surface area contributed by atoms with E-state index < -0.39 is 5.91 Å². The van der Waals surface area contributed by atoms with Crippen LogP contribution in [0.25, 0.3) is 0 Å². The number of aliphatic hydroxyl groups is 1. The zero-order valence-corrected chi connectivity index (χ0v) is 11.8. The van der Waals surface area contributed by atoms with Crippen molar-refractivity contribution in [2.45, 2.75) is 12.8 Å². The van der Waals surface area contributed by atoms with Crippen LogP contribution in [0.3, 0.4) is 0 Å². The lowest BCUT2D eigenvalue weighted by molar-refractivity contribution is -0.115. The van der Waals surface area contributed by atoms with Gasteiger partial charge in [0.15, 0.2) is 5.82 Å². The second kappa shape index (κ2) is 7.89. The summed E-state index contributed by atoms with van der Waals surface area (Å²) in [6, 6.07) is 8.97. The maximum Gasteiger partial charge on any atom is 0.315 e. The number of hydrogen-bond acceptors (Lipinski definition) is 6. The number of carbonyl (C=O) groups excluding carboxylic acids is 2. The fourth-order valence-electron chi connectivity index (χ4n) is 1.64. The monoisotopic (exact) mass is 304 g/mol. The number of aliphatic hydroxyl groups excluding tert-OH is 1. The Morgan fingerprint density at radius 2 is 2.00 bits per heavy atom. The van der Waals surface area contributed by atoms with Crippen molar-refractivity contribution >= 4 is 17.5 Å². The van der Waals surface area contributed by atoms with Gasteiger partial charge in [0.05, 0.1) is 6.42 Å². The number of rotatable bonds is 7. The lowest BCUT2D eigenvalue weighted by Gasteiger charge is -2.02. The molecule has 0 saturated carbocycles. The molecule has 3 N–H and O–H groups in total. The molecule has 8 heteroatoms. The largest absolute Gasteiger partial charge is 0.396 e. The first kappa shape index (κ1) is 15.6. The summed E-state index contributed by atoms with van der Waals surface area (Å²) in [7, 11) is 0. The van der Waals surface area contributed by atoms with E-state index in [-0.39, 0.29) is 30.7 Å². The molecule has 0 aliphatic heterocycles. The highest BCUT2D eigenvalue weighted by atomic mass is 16.5. The minimum atomic E-state index is -0.532. The molecule has 0 saturated heterocycles. The van der Waals surface area contributed by atoms with Crippen LogP contribution in [0.1, 0.15) is 22.9 Å². The Balaban J connectivity index is 1.86. The van der Waals surface area contributed by atoms with Crippen molar-refractivity contribution in [1.29, 1.82) is 0 Å². The van der Waals surface area contributed by atoms with Crippen molar-refractivity contribution in [3.8, 4) is 0 Å². The fraction of sp³-hybridized carbons (Fsp3) is 0.286. The minimum Gasteiger partial charge on any atom is -0.396 e. The summed E-state index contributed by atoms with van der Waals surface area (Å²) in [6.07, 6.45) is 0.342. The highest BCUT2D eigenvalue weighted by Gasteiger charge is 2.16. The molecule has 0 unspecified atom stereocenters. The van der Waals surface area contributed by atoms with Gasteiger partial charge in [-0.2, -0.15) is 4.98 Å². The van der Waals surface area contributed by atoms with Crippen molar-refractivity contribution in [1.82, 2.24) is 15.5 Å². The standard InChI is InChI=1S/C14H16N4O4/c19-8-4-7-15-13(21)14-17-11(18-22-14)9-12(20)16-10-5-2-1-3-6-10/h1-3,5-6,19H,4,7-9H2,(H,15,21)(H,16,20). The van der Waals surface area contributed by atoms with E-state index in [4.69, 9.17) is 9.63 Å². The SMILES string of the molecule is O=C(Cc1noc(C(=O)NCCCO)n1)Nc1ccccc1.